The highest BCUT2D eigenvalue weighted by Gasteiger charge is 2.65. The molecule has 0 saturated heterocycles. The SMILES string of the molecule is CC(OC(=O)OCCN(C)CCO[N+](=O)[O-])OC(=O)C1=Cc2cc(S(F)(F)(F)(F)F)ccc2O[C@@H]1C(F)(F)F. The van der Waals surface area contributed by atoms with E-state index in [0.29, 0.717) is 0 Å². The molecule has 0 spiro atoms. The molecule has 39 heavy (non-hydrogen) atoms. The van der Waals surface area contributed by atoms with Crippen molar-refractivity contribution in [2.45, 2.75) is 30.4 Å². The Kier molecular flexibility index (Phi) is 8.56. The Labute approximate surface area is 214 Å². The molecule has 0 amide bonds. The van der Waals surface area contributed by atoms with Gasteiger partial charge < -0.3 is 28.7 Å². The first-order valence-electron chi connectivity index (χ1n) is 10.4. The quantitative estimate of drug-likeness (QED) is 0.109. The Hall–Kier alpha value is -3.55. The molecule has 1 aromatic carbocycles. The molecule has 0 radical (unpaired) electrons. The first-order valence-corrected chi connectivity index (χ1v) is 12.4. The molecule has 0 aromatic heterocycles. The second kappa shape index (κ2) is 10.5. The maximum absolute atomic E-state index is 13.5. The Balaban J connectivity index is 2.07. The van der Waals surface area contributed by atoms with Gasteiger partial charge in [0, 0.05) is 25.6 Å². The number of likely N-dealkylation sites (N-methyl/N-ethyl adjacent to an activating group) is 1. The van der Waals surface area contributed by atoms with Crippen LogP contribution < -0.4 is 4.74 Å². The van der Waals surface area contributed by atoms with Crippen LogP contribution in [0.25, 0.3) is 6.08 Å². The Morgan fingerprint density at radius 3 is 2.31 bits per heavy atom. The van der Waals surface area contributed by atoms with Crippen LogP contribution in [0.15, 0.2) is 28.7 Å². The zero-order valence-electron chi connectivity index (χ0n) is 19.8. The molecule has 1 aliphatic rings. The van der Waals surface area contributed by atoms with E-state index in [2.05, 4.69) is 23.8 Å². The molecule has 1 heterocycles. The molecule has 1 aliphatic heterocycles. The minimum atomic E-state index is -10.2. The summed E-state index contributed by atoms with van der Waals surface area (Å²) in [5.74, 6) is -2.70. The standard InChI is InChI=1S/C19H20F8N2O9S/c1-11(37-18(31)34-7-5-28(2)6-8-35-29(32)33)36-17(30)14-10-12-9-13(39(23,24,25,26)27)3-4-15(12)38-16(14)19(20,21)22/h3-4,9-11,16H,5-8H2,1-2H3/t11?,16-/m0/s1. The van der Waals surface area contributed by atoms with Crippen LogP contribution in [-0.2, 0) is 23.8 Å². The summed E-state index contributed by atoms with van der Waals surface area (Å²) in [5.41, 5.74) is -2.31. The van der Waals surface area contributed by atoms with Crippen LogP contribution in [0, 0.1) is 10.1 Å². The third-order valence-electron chi connectivity index (χ3n) is 4.70. The second-order valence-corrected chi connectivity index (χ2v) is 10.3. The summed E-state index contributed by atoms with van der Waals surface area (Å²) in [6, 6.07) is -0.0618. The van der Waals surface area contributed by atoms with Crippen molar-refractivity contribution < 1.29 is 71.1 Å². The number of halogens is 8. The monoisotopic (exact) mass is 604 g/mol. The minimum Gasteiger partial charge on any atom is -0.475 e. The van der Waals surface area contributed by atoms with Gasteiger partial charge in [-0.1, -0.05) is 19.4 Å². The zero-order valence-corrected chi connectivity index (χ0v) is 20.6. The van der Waals surface area contributed by atoms with Gasteiger partial charge >= 0.3 is 28.5 Å². The van der Waals surface area contributed by atoms with Crippen LogP contribution in [0.4, 0.5) is 37.4 Å². The second-order valence-electron chi connectivity index (χ2n) is 7.86. The van der Waals surface area contributed by atoms with E-state index < -0.39 is 67.8 Å². The first kappa shape index (κ1) is 31.7. The fraction of sp³-hybridized carbons (Fsp3) is 0.474. The lowest BCUT2D eigenvalue weighted by molar-refractivity contribution is -0.757. The summed E-state index contributed by atoms with van der Waals surface area (Å²) in [5, 5.41) is 9.06. The lowest BCUT2D eigenvalue weighted by Crippen LogP contribution is -2.41. The molecule has 0 saturated carbocycles. The van der Waals surface area contributed by atoms with Crippen LogP contribution in [-0.4, -0.2) is 74.0 Å². The highest BCUT2D eigenvalue weighted by molar-refractivity contribution is 8.45. The van der Waals surface area contributed by atoms with E-state index in [-0.39, 0.29) is 50.6 Å². The van der Waals surface area contributed by atoms with E-state index in [1.165, 1.54) is 11.9 Å². The lowest BCUT2D eigenvalue weighted by atomic mass is 10.0. The minimum absolute atomic E-state index is 0.0438. The van der Waals surface area contributed by atoms with Crippen LogP contribution >= 0.6 is 10.2 Å². The number of esters is 1. The molecule has 0 N–H and O–H groups in total. The molecule has 222 valence electrons. The van der Waals surface area contributed by atoms with E-state index in [9.17, 15) is 52.3 Å². The smallest absolute Gasteiger partial charge is 0.475 e. The number of alkyl halides is 3. The molecule has 0 fully saturated rings. The van der Waals surface area contributed by atoms with Gasteiger partial charge in [0.1, 0.15) is 23.9 Å². The van der Waals surface area contributed by atoms with Crippen molar-refractivity contribution in [2.75, 3.05) is 33.4 Å². The molecule has 2 atom stereocenters. The van der Waals surface area contributed by atoms with Crippen molar-refractivity contribution in [1.82, 2.24) is 4.90 Å². The van der Waals surface area contributed by atoms with Gasteiger partial charge in [0.15, 0.2) is 0 Å². The van der Waals surface area contributed by atoms with Gasteiger partial charge in [0.25, 0.3) is 5.09 Å². The van der Waals surface area contributed by atoms with Crippen molar-refractivity contribution >= 4 is 28.4 Å². The molecule has 11 nitrogen and oxygen atoms in total. The molecule has 20 heteroatoms. The number of benzene rings is 1. The number of hydrogen-bond donors (Lipinski definition) is 0. The summed E-state index contributed by atoms with van der Waals surface area (Å²) in [6.45, 7) is 0.424. The average Bonchev–Trinajstić information content (AvgIpc) is 2.75. The number of nitrogens with zero attached hydrogens (tertiary/aromatic N) is 2. The normalized spacial score (nSPS) is 17.9. The topological polar surface area (TPSA) is 127 Å². The summed E-state index contributed by atoms with van der Waals surface area (Å²) < 4.78 is 124. The lowest BCUT2D eigenvalue weighted by Gasteiger charge is -2.41. The van der Waals surface area contributed by atoms with Gasteiger partial charge in [-0.25, -0.2) is 9.59 Å². The van der Waals surface area contributed by atoms with Crippen LogP contribution in [0.5, 0.6) is 5.75 Å². The summed E-state index contributed by atoms with van der Waals surface area (Å²) in [4.78, 5) is 37.3. The summed E-state index contributed by atoms with van der Waals surface area (Å²) >= 11 is 0. The van der Waals surface area contributed by atoms with E-state index in [1.807, 2.05) is 0 Å². The fourth-order valence-electron chi connectivity index (χ4n) is 2.91. The molecule has 1 aromatic rings. The Morgan fingerprint density at radius 1 is 1.13 bits per heavy atom. The van der Waals surface area contributed by atoms with Crippen molar-refractivity contribution in [3.05, 3.63) is 39.4 Å². The third-order valence-corrected chi connectivity index (χ3v) is 5.84. The summed E-state index contributed by atoms with van der Waals surface area (Å²) in [6.07, 6.45) is -11.4. The van der Waals surface area contributed by atoms with Gasteiger partial charge in [-0.3, -0.25) is 0 Å². The van der Waals surface area contributed by atoms with Gasteiger partial charge in [-0.05, 0) is 31.3 Å². The molecule has 0 bridgehead atoms. The maximum Gasteiger partial charge on any atom is 0.511 e. The molecule has 2 rings (SSSR count). The number of ether oxygens (including phenoxy) is 4. The van der Waals surface area contributed by atoms with Gasteiger partial charge in [-0.15, -0.1) is 10.1 Å². The van der Waals surface area contributed by atoms with Gasteiger partial charge in [-0.2, -0.15) is 13.2 Å². The highest BCUT2D eigenvalue weighted by atomic mass is 32.5. The highest BCUT2D eigenvalue weighted by Crippen LogP contribution is 3.02. The Morgan fingerprint density at radius 2 is 1.74 bits per heavy atom. The predicted molar refractivity (Wildman–Crippen MR) is 115 cm³/mol. The number of fused-ring (bicyclic) bond motifs is 1. The third kappa shape index (κ3) is 9.61. The van der Waals surface area contributed by atoms with Crippen molar-refractivity contribution in [3.63, 3.8) is 0 Å². The van der Waals surface area contributed by atoms with Crippen molar-refractivity contribution in [1.29, 1.82) is 0 Å². The molecule has 0 aliphatic carbocycles. The maximum atomic E-state index is 13.5. The van der Waals surface area contributed by atoms with E-state index in [0.717, 1.165) is 6.92 Å². The van der Waals surface area contributed by atoms with Gasteiger partial charge in [0.2, 0.25) is 12.4 Å². The number of rotatable bonds is 11. The number of carbonyl (C=O) groups excluding carboxylic acids is 2. The molecular weight excluding hydrogens is 584 g/mol. The van der Waals surface area contributed by atoms with E-state index in [4.69, 9.17) is 0 Å². The van der Waals surface area contributed by atoms with Crippen LogP contribution in [0.1, 0.15) is 12.5 Å². The van der Waals surface area contributed by atoms with E-state index in [1.54, 1.807) is 0 Å². The van der Waals surface area contributed by atoms with Crippen LogP contribution in [0.2, 0.25) is 0 Å². The van der Waals surface area contributed by atoms with Crippen LogP contribution in [0.3, 0.4) is 0 Å². The Bertz CT molecular complexity index is 1150. The first-order chi connectivity index (χ1) is 17.6. The molecule has 1 unspecified atom stereocenters. The largest absolute Gasteiger partial charge is 0.511 e. The van der Waals surface area contributed by atoms with Gasteiger partial charge in [0.05, 0.1) is 5.57 Å². The molecular formula is C19H20F8N2O9S. The fourth-order valence-corrected chi connectivity index (χ4v) is 3.58. The average molecular weight is 604 g/mol. The predicted octanol–water partition coefficient (Wildman–Crippen LogP) is 5.23. The zero-order chi connectivity index (χ0) is 29.9. The summed E-state index contributed by atoms with van der Waals surface area (Å²) in [7, 11) is -8.72. The van der Waals surface area contributed by atoms with Crippen molar-refractivity contribution in [3.8, 4) is 5.75 Å². The number of hydrogen-bond acceptors (Lipinski definition) is 10. The van der Waals surface area contributed by atoms with E-state index >= 15 is 0 Å². The van der Waals surface area contributed by atoms with Crippen molar-refractivity contribution in [2.24, 2.45) is 0 Å². The number of carbonyl (C=O) groups is 2.